The van der Waals surface area contributed by atoms with Gasteiger partial charge in [0.2, 0.25) is 0 Å². The number of aromatic nitrogens is 1. The van der Waals surface area contributed by atoms with E-state index in [4.69, 9.17) is 11.6 Å². The van der Waals surface area contributed by atoms with Crippen molar-refractivity contribution in [1.82, 2.24) is 4.98 Å². The van der Waals surface area contributed by atoms with Gasteiger partial charge in [0.1, 0.15) is 5.15 Å². The molecule has 0 aliphatic heterocycles. The van der Waals surface area contributed by atoms with E-state index < -0.39 is 0 Å². The Labute approximate surface area is 110 Å². The van der Waals surface area contributed by atoms with Crippen molar-refractivity contribution in [2.75, 3.05) is 11.6 Å². The number of benzene rings is 1. The second kappa shape index (κ2) is 5.94. The molecule has 2 rings (SSSR count). The smallest absolute Gasteiger partial charge is 0.131 e. The van der Waals surface area contributed by atoms with E-state index in [-0.39, 0.29) is 0 Å². The van der Waals surface area contributed by atoms with Gasteiger partial charge >= 0.3 is 0 Å². The van der Waals surface area contributed by atoms with Crippen LogP contribution in [0, 0.1) is 0 Å². The van der Waals surface area contributed by atoms with Crippen LogP contribution in [0.15, 0.2) is 47.5 Å². The van der Waals surface area contributed by atoms with E-state index in [2.05, 4.69) is 40.8 Å². The maximum absolute atomic E-state index is 5.81. The van der Waals surface area contributed by atoms with E-state index in [9.17, 15) is 0 Å². The van der Waals surface area contributed by atoms with Gasteiger partial charge in [0.15, 0.2) is 0 Å². The van der Waals surface area contributed by atoms with Gasteiger partial charge in [0.25, 0.3) is 0 Å². The van der Waals surface area contributed by atoms with Gasteiger partial charge in [-0.2, -0.15) is 0 Å². The van der Waals surface area contributed by atoms with E-state index in [1.165, 1.54) is 10.5 Å². The Hall–Kier alpha value is -1.19. The number of nitrogens with one attached hydrogen (secondary N) is 1. The first-order valence-electron chi connectivity index (χ1n) is 5.26. The normalized spacial score (nSPS) is 10.2. The maximum Gasteiger partial charge on any atom is 0.131 e. The van der Waals surface area contributed by atoms with Crippen molar-refractivity contribution in [1.29, 1.82) is 0 Å². The Morgan fingerprint density at radius 3 is 2.65 bits per heavy atom. The third kappa shape index (κ3) is 3.65. The number of anilines is 1. The van der Waals surface area contributed by atoms with E-state index in [0.29, 0.717) is 5.15 Å². The fraction of sp³-hybridized carbons (Fsp3) is 0.154. The molecule has 1 heterocycles. The largest absolute Gasteiger partial charge is 0.381 e. The Morgan fingerprint density at radius 2 is 2.00 bits per heavy atom. The first-order valence-corrected chi connectivity index (χ1v) is 6.86. The molecule has 0 saturated carbocycles. The zero-order valence-electron chi connectivity index (χ0n) is 9.48. The fourth-order valence-corrected chi connectivity index (χ4v) is 2.04. The van der Waals surface area contributed by atoms with Crippen LogP contribution in [-0.2, 0) is 6.54 Å². The van der Waals surface area contributed by atoms with Crippen LogP contribution in [-0.4, -0.2) is 11.2 Å². The summed E-state index contributed by atoms with van der Waals surface area (Å²) in [5.41, 5.74) is 2.23. The molecule has 2 aromatic rings. The van der Waals surface area contributed by atoms with Gasteiger partial charge in [-0.25, -0.2) is 4.98 Å². The standard InChI is InChI=1S/C13H13ClN2S/c1-17-12-4-2-10(3-5-12)9-16-11-6-7-15-13(14)8-11/h2-8H,9H2,1H3,(H,15,16). The molecule has 0 saturated heterocycles. The molecular formula is C13H13ClN2S. The van der Waals surface area contributed by atoms with Gasteiger partial charge in [0.05, 0.1) is 0 Å². The van der Waals surface area contributed by atoms with Gasteiger partial charge in [-0.05, 0) is 36.1 Å². The Morgan fingerprint density at radius 1 is 1.24 bits per heavy atom. The minimum atomic E-state index is 0.507. The van der Waals surface area contributed by atoms with E-state index in [1.807, 2.05) is 12.1 Å². The first-order chi connectivity index (χ1) is 8.28. The highest BCUT2D eigenvalue weighted by Gasteiger charge is 1.96. The second-order valence-electron chi connectivity index (χ2n) is 3.57. The van der Waals surface area contributed by atoms with Crippen LogP contribution in [0.3, 0.4) is 0 Å². The molecule has 0 atom stereocenters. The Bertz CT molecular complexity index is 485. The molecule has 0 aliphatic carbocycles. The summed E-state index contributed by atoms with van der Waals surface area (Å²) < 4.78 is 0. The molecular weight excluding hydrogens is 252 g/mol. The Balaban J connectivity index is 1.97. The molecule has 17 heavy (non-hydrogen) atoms. The SMILES string of the molecule is CSc1ccc(CNc2ccnc(Cl)c2)cc1. The highest BCUT2D eigenvalue weighted by atomic mass is 35.5. The number of rotatable bonds is 4. The minimum Gasteiger partial charge on any atom is -0.381 e. The van der Waals surface area contributed by atoms with Gasteiger partial charge in [-0.3, -0.25) is 0 Å². The summed E-state index contributed by atoms with van der Waals surface area (Å²) in [6.45, 7) is 0.787. The lowest BCUT2D eigenvalue weighted by atomic mass is 10.2. The topological polar surface area (TPSA) is 24.9 Å². The summed E-state index contributed by atoms with van der Waals surface area (Å²) >= 11 is 7.56. The van der Waals surface area contributed by atoms with Crippen LogP contribution >= 0.6 is 23.4 Å². The Kier molecular flexibility index (Phi) is 4.29. The number of thioether (sulfide) groups is 1. The molecule has 0 fully saturated rings. The van der Waals surface area contributed by atoms with Gasteiger partial charge in [-0.1, -0.05) is 23.7 Å². The quantitative estimate of drug-likeness (QED) is 0.666. The van der Waals surface area contributed by atoms with Crippen molar-refractivity contribution in [2.45, 2.75) is 11.4 Å². The molecule has 0 spiro atoms. The number of hydrogen-bond acceptors (Lipinski definition) is 3. The zero-order chi connectivity index (χ0) is 12.1. The second-order valence-corrected chi connectivity index (χ2v) is 4.84. The maximum atomic E-state index is 5.81. The fourth-order valence-electron chi connectivity index (χ4n) is 1.46. The molecule has 1 N–H and O–H groups in total. The van der Waals surface area contributed by atoms with Crippen LogP contribution in [0.1, 0.15) is 5.56 Å². The predicted molar refractivity (Wildman–Crippen MR) is 74.8 cm³/mol. The number of halogens is 1. The molecule has 0 aliphatic rings. The molecule has 88 valence electrons. The third-order valence-corrected chi connectivity index (χ3v) is 3.33. The monoisotopic (exact) mass is 264 g/mol. The zero-order valence-corrected chi connectivity index (χ0v) is 11.1. The summed E-state index contributed by atoms with van der Waals surface area (Å²) in [4.78, 5) is 5.22. The van der Waals surface area contributed by atoms with E-state index in [0.717, 1.165) is 12.2 Å². The van der Waals surface area contributed by atoms with Crippen molar-refractivity contribution < 1.29 is 0 Å². The van der Waals surface area contributed by atoms with Crippen molar-refractivity contribution in [3.05, 3.63) is 53.3 Å². The van der Waals surface area contributed by atoms with Crippen LogP contribution < -0.4 is 5.32 Å². The number of pyridine rings is 1. The van der Waals surface area contributed by atoms with Gasteiger partial charge < -0.3 is 5.32 Å². The summed E-state index contributed by atoms with van der Waals surface area (Å²) in [5, 5.41) is 3.82. The molecule has 1 aromatic carbocycles. The average Bonchev–Trinajstić information content (AvgIpc) is 2.37. The summed E-state index contributed by atoms with van der Waals surface area (Å²) in [7, 11) is 0. The van der Waals surface area contributed by atoms with Crippen LogP contribution in [0.4, 0.5) is 5.69 Å². The van der Waals surface area contributed by atoms with Crippen LogP contribution in [0.25, 0.3) is 0 Å². The molecule has 0 amide bonds. The van der Waals surface area contributed by atoms with Gasteiger partial charge in [-0.15, -0.1) is 11.8 Å². The highest BCUT2D eigenvalue weighted by Crippen LogP contribution is 2.16. The molecule has 0 unspecified atom stereocenters. The number of nitrogens with zero attached hydrogens (tertiary/aromatic N) is 1. The van der Waals surface area contributed by atoms with Crippen molar-refractivity contribution in [3.63, 3.8) is 0 Å². The van der Waals surface area contributed by atoms with Gasteiger partial charge in [0, 0.05) is 23.3 Å². The lowest BCUT2D eigenvalue weighted by Gasteiger charge is -2.07. The summed E-state index contributed by atoms with van der Waals surface area (Å²) in [5.74, 6) is 0. The van der Waals surface area contributed by atoms with Crippen molar-refractivity contribution in [3.8, 4) is 0 Å². The van der Waals surface area contributed by atoms with Crippen LogP contribution in [0.2, 0.25) is 5.15 Å². The van der Waals surface area contributed by atoms with Crippen molar-refractivity contribution >= 4 is 29.1 Å². The molecule has 0 bridgehead atoms. The van der Waals surface area contributed by atoms with E-state index in [1.54, 1.807) is 18.0 Å². The highest BCUT2D eigenvalue weighted by molar-refractivity contribution is 7.98. The molecule has 2 nitrogen and oxygen atoms in total. The molecule has 0 radical (unpaired) electrons. The lowest BCUT2D eigenvalue weighted by Crippen LogP contribution is -1.99. The predicted octanol–water partition coefficient (Wildman–Crippen LogP) is 4.07. The van der Waals surface area contributed by atoms with E-state index >= 15 is 0 Å². The summed E-state index contributed by atoms with van der Waals surface area (Å²) in [6, 6.07) is 12.2. The average molecular weight is 265 g/mol. The first kappa shape index (κ1) is 12.3. The lowest BCUT2D eigenvalue weighted by molar-refractivity contribution is 1.13. The van der Waals surface area contributed by atoms with Crippen LogP contribution in [0.5, 0.6) is 0 Å². The number of hydrogen-bond donors (Lipinski definition) is 1. The van der Waals surface area contributed by atoms with Crippen molar-refractivity contribution in [2.24, 2.45) is 0 Å². The molecule has 4 heteroatoms. The molecule has 1 aromatic heterocycles. The minimum absolute atomic E-state index is 0.507. The summed E-state index contributed by atoms with van der Waals surface area (Å²) in [6.07, 6.45) is 3.77. The third-order valence-electron chi connectivity index (χ3n) is 2.38.